The molecule has 0 unspecified atom stereocenters. The minimum atomic E-state index is -0.644. The maximum Gasteiger partial charge on any atom is 0.271 e. The third kappa shape index (κ3) is 3.62. The van der Waals surface area contributed by atoms with Gasteiger partial charge in [-0.1, -0.05) is 12.8 Å². The second-order valence-corrected chi connectivity index (χ2v) is 6.04. The minimum absolute atomic E-state index is 0.0809. The number of carbonyl (C=O) groups excluding carboxylic acids is 1. The molecule has 0 bridgehead atoms. The van der Waals surface area contributed by atoms with Crippen molar-refractivity contribution in [2.24, 2.45) is 18.5 Å². The van der Waals surface area contributed by atoms with Crippen LogP contribution in [-0.2, 0) is 7.05 Å². The van der Waals surface area contributed by atoms with Crippen LogP contribution in [0.1, 0.15) is 36.2 Å². The summed E-state index contributed by atoms with van der Waals surface area (Å²) in [5.74, 6) is 0.216. The van der Waals surface area contributed by atoms with E-state index in [-0.39, 0.29) is 17.8 Å². The molecule has 0 aromatic carbocycles. The van der Waals surface area contributed by atoms with Gasteiger partial charge in [-0.05, 0) is 12.8 Å². The van der Waals surface area contributed by atoms with Crippen molar-refractivity contribution < 1.29 is 4.79 Å². The largest absolute Gasteiger partial charge is 0.364 e. The predicted molar refractivity (Wildman–Crippen MR) is 90.9 cm³/mol. The van der Waals surface area contributed by atoms with Crippen molar-refractivity contribution >= 4 is 23.2 Å². The Labute approximate surface area is 139 Å². The Kier molecular flexibility index (Phi) is 4.61. The van der Waals surface area contributed by atoms with Crippen molar-refractivity contribution in [2.45, 2.75) is 37.8 Å². The summed E-state index contributed by atoms with van der Waals surface area (Å²) in [5, 5.41) is 10.4. The van der Waals surface area contributed by atoms with Crippen LogP contribution in [0.3, 0.4) is 0 Å². The van der Waals surface area contributed by atoms with E-state index in [4.69, 9.17) is 11.5 Å². The number of nitrogens with one attached hydrogen (secondary N) is 2. The zero-order valence-electron chi connectivity index (χ0n) is 13.6. The molecular weight excluding hydrogens is 308 g/mol. The highest BCUT2D eigenvalue weighted by atomic mass is 16.1. The molecular formula is C15H22N8O. The number of primary amides is 1. The topological polar surface area (TPSA) is 137 Å². The fourth-order valence-electron chi connectivity index (χ4n) is 2.88. The Hall–Kier alpha value is -2.68. The number of nitrogens with two attached hydrogens (primary N) is 2. The molecule has 2 aromatic rings. The van der Waals surface area contributed by atoms with Crippen LogP contribution in [0.15, 0.2) is 18.6 Å². The molecule has 9 heteroatoms. The van der Waals surface area contributed by atoms with E-state index >= 15 is 0 Å². The van der Waals surface area contributed by atoms with Crippen molar-refractivity contribution in [3.8, 4) is 0 Å². The van der Waals surface area contributed by atoms with Gasteiger partial charge in [0, 0.05) is 25.3 Å². The molecule has 9 nitrogen and oxygen atoms in total. The fraction of sp³-hybridized carbons (Fsp3) is 0.467. The van der Waals surface area contributed by atoms with Crippen LogP contribution < -0.4 is 22.1 Å². The highest BCUT2D eigenvalue weighted by molar-refractivity contribution is 5.96. The van der Waals surface area contributed by atoms with Crippen LogP contribution in [0.25, 0.3) is 0 Å². The predicted octanol–water partition coefficient (Wildman–Crippen LogP) is 0.734. The van der Waals surface area contributed by atoms with E-state index in [9.17, 15) is 4.79 Å². The van der Waals surface area contributed by atoms with Gasteiger partial charge in [-0.3, -0.25) is 9.48 Å². The first-order valence-electron chi connectivity index (χ1n) is 7.97. The van der Waals surface area contributed by atoms with E-state index in [2.05, 4.69) is 25.7 Å². The van der Waals surface area contributed by atoms with Crippen LogP contribution in [0.4, 0.5) is 17.3 Å². The lowest BCUT2D eigenvalue weighted by Crippen LogP contribution is -2.42. The molecule has 1 aliphatic carbocycles. The van der Waals surface area contributed by atoms with E-state index in [1.165, 1.54) is 6.20 Å². The third-order valence-electron chi connectivity index (χ3n) is 4.13. The lowest BCUT2D eigenvalue weighted by molar-refractivity contribution is 0.0996. The Balaban J connectivity index is 1.83. The molecule has 1 aliphatic rings. The average molecular weight is 330 g/mol. The summed E-state index contributed by atoms with van der Waals surface area (Å²) in [4.78, 5) is 20.2. The molecule has 1 fully saturated rings. The first-order valence-corrected chi connectivity index (χ1v) is 7.97. The van der Waals surface area contributed by atoms with Gasteiger partial charge in [-0.2, -0.15) is 5.10 Å². The highest BCUT2D eigenvalue weighted by Crippen LogP contribution is 2.22. The number of aromatic nitrogens is 4. The summed E-state index contributed by atoms with van der Waals surface area (Å²) < 4.78 is 1.64. The summed E-state index contributed by atoms with van der Waals surface area (Å²) in [6.45, 7) is 0. The van der Waals surface area contributed by atoms with Crippen LogP contribution in [0.2, 0.25) is 0 Å². The van der Waals surface area contributed by atoms with Gasteiger partial charge in [-0.25, -0.2) is 9.97 Å². The summed E-state index contributed by atoms with van der Waals surface area (Å²) in [6, 6.07) is 0.241. The quantitative estimate of drug-likeness (QED) is 0.634. The molecule has 6 N–H and O–H groups in total. The number of rotatable bonds is 5. The molecule has 1 amide bonds. The molecule has 0 aliphatic heterocycles. The highest BCUT2D eigenvalue weighted by Gasteiger charge is 2.22. The molecule has 0 spiro atoms. The number of aryl methyl sites for hydroxylation is 1. The first-order chi connectivity index (χ1) is 11.5. The second-order valence-electron chi connectivity index (χ2n) is 6.04. The maximum absolute atomic E-state index is 11.6. The summed E-state index contributed by atoms with van der Waals surface area (Å²) in [6.07, 6.45) is 9.18. The maximum atomic E-state index is 11.6. The van der Waals surface area contributed by atoms with Gasteiger partial charge in [0.15, 0.2) is 11.5 Å². The zero-order chi connectivity index (χ0) is 17.1. The SMILES string of the molecule is Cn1cc(Nc2nc(N[C@@H]3CCCC[C@@H]3N)cnc2C(N)=O)cn1. The summed E-state index contributed by atoms with van der Waals surface area (Å²) >= 11 is 0. The zero-order valence-corrected chi connectivity index (χ0v) is 13.6. The van der Waals surface area contributed by atoms with Crippen LogP contribution >= 0.6 is 0 Å². The van der Waals surface area contributed by atoms with Gasteiger partial charge in [0.2, 0.25) is 0 Å². The molecule has 0 saturated heterocycles. The Morgan fingerprint density at radius 1 is 1.33 bits per heavy atom. The number of nitrogens with zero attached hydrogens (tertiary/aromatic N) is 4. The van der Waals surface area contributed by atoms with Gasteiger partial charge >= 0.3 is 0 Å². The minimum Gasteiger partial charge on any atom is -0.364 e. The van der Waals surface area contributed by atoms with E-state index in [0.717, 1.165) is 25.7 Å². The van der Waals surface area contributed by atoms with Crippen molar-refractivity contribution in [2.75, 3.05) is 10.6 Å². The van der Waals surface area contributed by atoms with Crippen LogP contribution in [0.5, 0.6) is 0 Å². The Morgan fingerprint density at radius 3 is 2.79 bits per heavy atom. The van der Waals surface area contributed by atoms with Gasteiger partial charge in [0.1, 0.15) is 5.82 Å². The number of amides is 1. The van der Waals surface area contributed by atoms with E-state index in [1.54, 1.807) is 24.1 Å². The first kappa shape index (κ1) is 16.2. The van der Waals surface area contributed by atoms with Crippen molar-refractivity contribution in [1.82, 2.24) is 19.7 Å². The number of anilines is 3. The molecule has 2 aromatic heterocycles. The third-order valence-corrected chi connectivity index (χ3v) is 4.13. The molecule has 128 valence electrons. The molecule has 1 saturated carbocycles. The van der Waals surface area contributed by atoms with Crippen LogP contribution in [-0.4, -0.2) is 37.7 Å². The normalized spacial score (nSPS) is 20.6. The van der Waals surface area contributed by atoms with E-state index in [0.29, 0.717) is 17.3 Å². The van der Waals surface area contributed by atoms with Gasteiger partial charge in [0.25, 0.3) is 5.91 Å². The number of hydrogen-bond donors (Lipinski definition) is 4. The lowest BCUT2D eigenvalue weighted by Gasteiger charge is -2.29. The van der Waals surface area contributed by atoms with Crippen molar-refractivity contribution in [3.63, 3.8) is 0 Å². The molecule has 3 rings (SSSR count). The smallest absolute Gasteiger partial charge is 0.271 e. The average Bonchev–Trinajstić information content (AvgIpc) is 2.94. The van der Waals surface area contributed by atoms with Crippen molar-refractivity contribution in [1.29, 1.82) is 0 Å². The fourth-order valence-corrected chi connectivity index (χ4v) is 2.88. The van der Waals surface area contributed by atoms with Gasteiger partial charge < -0.3 is 22.1 Å². The Morgan fingerprint density at radius 2 is 2.12 bits per heavy atom. The monoisotopic (exact) mass is 330 g/mol. The number of hydrogen-bond acceptors (Lipinski definition) is 7. The Bertz CT molecular complexity index is 728. The van der Waals surface area contributed by atoms with E-state index < -0.39 is 5.91 Å². The molecule has 24 heavy (non-hydrogen) atoms. The summed E-state index contributed by atoms with van der Waals surface area (Å²) in [7, 11) is 1.80. The summed E-state index contributed by atoms with van der Waals surface area (Å²) in [5.41, 5.74) is 12.3. The molecule has 2 heterocycles. The van der Waals surface area contributed by atoms with Crippen molar-refractivity contribution in [3.05, 3.63) is 24.3 Å². The van der Waals surface area contributed by atoms with Gasteiger partial charge in [-0.15, -0.1) is 0 Å². The van der Waals surface area contributed by atoms with Gasteiger partial charge in [0.05, 0.1) is 18.1 Å². The standard InChI is InChI=1S/C15H22N8O/c1-23-8-9(6-19-23)20-15-13(14(17)24)18-7-12(22-15)21-11-5-3-2-4-10(11)16/h6-8,10-11H,2-5,16H2,1H3,(H2,17,24)(H2,20,21,22)/t10-,11+/m0/s1. The van der Waals surface area contributed by atoms with E-state index in [1.807, 2.05) is 0 Å². The molecule has 2 atom stereocenters. The second kappa shape index (κ2) is 6.83. The molecule has 0 radical (unpaired) electrons. The number of carbonyl (C=O) groups is 1. The van der Waals surface area contributed by atoms with Crippen LogP contribution in [0, 0.1) is 0 Å². The lowest BCUT2D eigenvalue weighted by atomic mass is 9.91.